The first-order chi connectivity index (χ1) is 7.74. The lowest BCUT2D eigenvalue weighted by molar-refractivity contribution is -0.108. The number of carbonyl (C=O) groups excluding carboxylic acids is 1. The third-order valence-electron chi connectivity index (χ3n) is 3.09. The largest absolute Gasteiger partial charge is 0.410 e. The molecule has 0 fully saturated rings. The normalized spacial score (nSPS) is 15.6. The van der Waals surface area contributed by atoms with Gasteiger partial charge in [-0.2, -0.15) is 0 Å². The van der Waals surface area contributed by atoms with Gasteiger partial charge in [0, 0.05) is 6.42 Å². The second-order valence-corrected chi connectivity index (χ2v) is 10.8. The van der Waals surface area contributed by atoms with Crippen molar-refractivity contribution in [2.24, 2.45) is 0 Å². The van der Waals surface area contributed by atoms with Gasteiger partial charge in [0.05, 0.1) is 6.10 Å². The van der Waals surface area contributed by atoms with Crippen molar-refractivity contribution in [3.05, 3.63) is 23.2 Å². The van der Waals surface area contributed by atoms with Crippen LogP contribution in [0.15, 0.2) is 23.2 Å². The van der Waals surface area contributed by atoms with Crippen LogP contribution in [0.5, 0.6) is 0 Å². The van der Waals surface area contributed by atoms with Crippen LogP contribution in [0.3, 0.4) is 0 Å². The fourth-order valence-electron chi connectivity index (χ4n) is 1.05. The summed E-state index contributed by atoms with van der Waals surface area (Å²) in [5.74, 6) is 0. The van der Waals surface area contributed by atoms with E-state index in [1.807, 2.05) is 18.2 Å². The lowest BCUT2D eigenvalue weighted by Crippen LogP contribution is -2.43. The molecule has 0 radical (unpaired) electrons. The van der Waals surface area contributed by atoms with Gasteiger partial charge in [-0.25, -0.2) is 0 Å². The van der Waals surface area contributed by atoms with Crippen molar-refractivity contribution in [1.29, 1.82) is 0 Å². The van der Waals surface area contributed by atoms with Crippen LogP contribution in [0.25, 0.3) is 0 Å². The molecule has 0 aliphatic carbocycles. The first-order valence-electron chi connectivity index (χ1n) is 5.79. The zero-order valence-electron chi connectivity index (χ0n) is 11.4. The highest BCUT2D eigenvalue weighted by Crippen LogP contribution is 2.37. The molecule has 0 saturated heterocycles. The highest BCUT2D eigenvalue weighted by molar-refractivity contribution is 9.11. The Morgan fingerprint density at radius 2 is 1.88 bits per heavy atom. The summed E-state index contributed by atoms with van der Waals surface area (Å²) in [7, 11) is -1.81. The van der Waals surface area contributed by atoms with Crippen LogP contribution in [0.4, 0.5) is 0 Å². The number of halogens is 1. The SMILES string of the molecule is CC(C)(C)[Si](C)(C)O[C@@H](/C=C/C=C/Br)CC=O. The van der Waals surface area contributed by atoms with Gasteiger partial charge in [0.1, 0.15) is 6.29 Å². The zero-order valence-corrected chi connectivity index (χ0v) is 14.0. The predicted octanol–water partition coefficient (Wildman–Crippen LogP) is 4.43. The Balaban J connectivity index is 4.69. The van der Waals surface area contributed by atoms with E-state index in [1.54, 1.807) is 4.99 Å². The van der Waals surface area contributed by atoms with Crippen molar-refractivity contribution in [3.63, 3.8) is 0 Å². The fraction of sp³-hybridized carbons (Fsp3) is 0.615. The van der Waals surface area contributed by atoms with E-state index in [9.17, 15) is 4.79 Å². The molecule has 17 heavy (non-hydrogen) atoms. The second-order valence-electron chi connectivity index (χ2n) is 5.52. The van der Waals surface area contributed by atoms with Crippen LogP contribution < -0.4 is 0 Å². The average molecular weight is 319 g/mol. The molecule has 2 nitrogen and oxygen atoms in total. The molecule has 0 rings (SSSR count). The Kier molecular flexibility index (Phi) is 7.20. The summed E-state index contributed by atoms with van der Waals surface area (Å²) in [6, 6.07) is 0. The van der Waals surface area contributed by atoms with Gasteiger partial charge in [-0.1, -0.05) is 54.9 Å². The molecule has 0 aromatic carbocycles. The Hall–Kier alpha value is -0.193. The molecule has 0 aromatic heterocycles. The van der Waals surface area contributed by atoms with Crippen LogP contribution in [-0.4, -0.2) is 20.7 Å². The molecule has 0 aliphatic rings. The van der Waals surface area contributed by atoms with Crippen LogP contribution in [0.2, 0.25) is 18.1 Å². The quantitative estimate of drug-likeness (QED) is 0.411. The van der Waals surface area contributed by atoms with Gasteiger partial charge in [0.2, 0.25) is 0 Å². The predicted molar refractivity (Wildman–Crippen MR) is 80.0 cm³/mol. The fourth-order valence-corrected chi connectivity index (χ4v) is 2.51. The highest BCUT2D eigenvalue weighted by atomic mass is 79.9. The van der Waals surface area contributed by atoms with Gasteiger partial charge in [0.15, 0.2) is 8.32 Å². The molecule has 0 spiro atoms. The molecule has 0 heterocycles. The summed E-state index contributed by atoms with van der Waals surface area (Å²) >= 11 is 3.20. The third-order valence-corrected chi connectivity index (χ3v) is 7.90. The van der Waals surface area contributed by atoms with Gasteiger partial charge in [-0.15, -0.1) is 0 Å². The minimum Gasteiger partial charge on any atom is -0.410 e. The maximum Gasteiger partial charge on any atom is 0.192 e. The summed E-state index contributed by atoms with van der Waals surface area (Å²) in [6.07, 6.45) is 6.92. The van der Waals surface area contributed by atoms with Crippen molar-refractivity contribution in [3.8, 4) is 0 Å². The summed E-state index contributed by atoms with van der Waals surface area (Å²) in [5.41, 5.74) is 0. The van der Waals surface area contributed by atoms with Crippen molar-refractivity contribution in [2.45, 2.75) is 51.4 Å². The van der Waals surface area contributed by atoms with Crippen molar-refractivity contribution < 1.29 is 9.22 Å². The summed E-state index contributed by atoms with van der Waals surface area (Å²) in [5, 5.41) is 0.160. The van der Waals surface area contributed by atoms with Crippen LogP contribution in [-0.2, 0) is 9.22 Å². The summed E-state index contributed by atoms with van der Waals surface area (Å²) in [6.45, 7) is 11.0. The van der Waals surface area contributed by atoms with Crippen LogP contribution in [0, 0.1) is 0 Å². The standard InChI is InChI=1S/C13H23BrO2Si/c1-13(2,3)17(4,5)16-12(9-11-15)8-6-7-10-14/h6-8,10-12H,9H2,1-5H3/b8-6+,10-7+/t12-/m0/s1. The molecule has 0 saturated carbocycles. The van der Waals surface area contributed by atoms with E-state index in [1.165, 1.54) is 0 Å². The van der Waals surface area contributed by atoms with E-state index in [2.05, 4.69) is 49.8 Å². The number of allylic oxidation sites excluding steroid dienone is 2. The van der Waals surface area contributed by atoms with E-state index in [0.717, 1.165) is 6.29 Å². The molecular weight excluding hydrogens is 296 g/mol. The van der Waals surface area contributed by atoms with Crippen molar-refractivity contribution >= 4 is 30.5 Å². The maximum absolute atomic E-state index is 10.7. The molecule has 0 N–H and O–H groups in total. The number of rotatable bonds is 6. The van der Waals surface area contributed by atoms with E-state index in [0.29, 0.717) is 6.42 Å². The molecule has 0 amide bonds. The van der Waals surface area contributed by atoms with Crippen LogP contribution >= 0.6 is 15.9 Å². The van der Waals surface area contributed by atoms with Gasteiger partial charge >= 0.3 is 0 Å². The first-order valence-corrected chi connectivity index (χ1v) is 9.62. The Labute approximate surface area is 114 Å². The lowest BCUT2D eigenvalue weighted by atomic mass is 10.2. The number of hydrogen-bond donors (Lipinski definition) is 0. The minimum atomic E-state index is -1.81. The molecule has 0 bridgehead atoms. The minimum absolute atomic E-state index is 0.114. The van der Waals surface area contributed by atoms with Gasteiger partial charge < -0.3 is 9.22 Å². The smallest absolute Gasteiger partial charge is 0.192 e. The van der Waals surface area contributed by atoms with Crippen molar-refractivity contribution in [2.75, 3.05) is 0 Å². The summed E-state index contributed by atoms with van der Waals surface area (Å²) in [4.78, 5) is 12.4. The Bertz CT molecular complexity index is 290. The van der Waals surface area contributed by atoms with E-state index < -0.39 is 8.32 Å². The topological polar surface area (TPSA) is 26.3 Å². The maximum atomic E-state index is 10.7. The molecule has 98 valence electrons. The molecule has 1 atom stereocenters. The third kappa shape index (κ3) is 6.34. The molecule has 4 heteroatoms. The van der Waals surface area contributed by atoms with E-state index in [4.69, 9.17) is 4.43 Å². The van der Waals surface area contributed by atoms with E-state index >= 15 is 0 Å². The highest BCUT2D eigenvalue weighted by Gasteiger charge is 2.38. The first kappa shape index (κ1) is 16.8. The lowest BCUT2D eigenvalue weighted by Gasteiger charge is -2.38. The summed E-state index contributed by atoms with van der Waals surface area (Å²) < 4.78 is 6.16. The van der Waals surface area contributed by atoms with Crippen LogP contribution in [0.1, 0.15) is 27.2 Å². The molecule has 0 aromatic rings. The van der Waals surface area contributed by atoms with Gasteiger partial charge in [-0.05, 0) is 23.1 Å². The monoisotopic (exact) mass is 318 g/mol. The van der Waals surface area contributed by atoms with E-state index in [-0.39, 0.29) is 11.1 Å². The molecule has 0 aliphatic heterocycles. The van der Waals surface area contributed by atoms with Gasteiger partial charge in [0.25, 0.3) is 0 Å². The zero-order chi connectivity index (χ0) is 13.5. The number of carbonyl (C=O) groups is 1. The van der Waals surface area contributed by atoms with Gasteiger partial charge in [-0.3, -0.25) is 0 Å². The Morgan fingerprint density at radius 1 is 1.29 bits per heavy atom. The number of aldehydes is 1. The Morgan fingerprint density at radius 3 is 2.29 bits per heavy atom. The number of hydrogen-bond acceptors (Lipinski definition) is 2. The molecule has 0 unspecified atom stereocenters. The molecular formula is C13H23BrO2Si. The van der Waals surface area contributed by atoms with Crippen molar-refractivity contribution in [1.82, 2.24) is 0 Å². The second kappa shape index (κ2) is 7.29. The average Bonchev–Trinajstić information content (AvgIpc) is 2.16.